The molecular weight excluding hydrogens is 477 g/mol. The molecule has 0 heterocycles. The molecule has 0 saturated carbocycles. The van der Waals surface area contributed by atoms with Gasteiger partial charge in [0.05, 0.1) is 21.9 Å². The minimum atomic E-state index is -2.19. The Balaban J connectivity index is 2.71. The van der Waals surface area contributed by atoms with E-state index in [0.29, 0.717) is 0 Å². The first-order chi connectivity index (χ1) is 15.3. The van der Waals surface area contributed by atoms with Crippen molar-refractivity contribution < 1.29 is 31.0 Å². The summed E-state index contributed by atoms with van der Waals surface area (Å²) in [6.07, 6.45) is 0. The molecule has 2 aromatic carbocycles. The van der Waals surface area contributed by atoms with Crippen molar-refractivity contribution in [3.05, 3.63) is 47.3 Å². The average Bonchev–Trinajstić information content (AvgIpc) is 2.72. The maximum Gasteiger partial charge on any atom is 0.200 e. The van der Waals surface area contributed by atoms with Gasteiger partial charge in [-0.2, -0.15) is 0 Å². The topological polar surface area (TPSA) is 18.5 Å². The smallest absolute Gasteiger partial charge is 0.200 e. The summed E-state index contributed by atoms with van der Waals surface area (Å²) < 4.78 is 83.0. The van der Waals surface area contributed by atoms with Gasteiger partial charge in [-0.25, -0.2) is 22.0 Å². The van der Waals surface area contributed by atoms with Gasteiger partial charge in [0.15, 0.2) is 23.3 Å². The van der Waals surface area contributed by atoms with Crippen LogP contribution in [0.2, 0.25) is 0 Å². The molecule has 184 valence electrons. The lowest BCUT2D eigenvalue weighted by atomic mass is 10.0. The number of hydrogen-bond donors (Lipinski definition) is 0. The van der Waals surface area contributed by atoms with Crippen LogP contribution in [0.5, 0.6) is 11.5 Å². The van der Waals surface area contributed by atoms with Crippen LogP contribution in [-0.4, -0.2) is 22.6 Å². The lowest BCUT2D eigenvalue weighted by Crippen LogP contribution is -2.10. The van der Waals surface area contributed by atoms with Crippen LogP contribution in [0.25, 0.3) is 11.1 Å². The molecule has 0 aliphatic rings. The Hall–Kier alpha value is -1.45. The van der Waals surface area contributed by atoms with Gasteiger partial charge in [0.2, 0.25) is 5.82 Å². The second-order valence-corrected chi connectivity index (χ2v) is 14.9. The third-order valence-corrected chi connectivity index (χ3v) is 9.75. The fourth-order valence-electron chi connectivity index (χ4n) is 3.54. The zero-order valence-electron chi connectivity index (χ0n) is 20.1. The highest BCUT2D eigenvalue weighted by atomic mass is 31.1. The van der Waals surface area contributed by atoms with Gasteiger partial charge in [0.25, 0.3) is 0 Å². The third-order valence-electron chi connectivity index (χ3n) is 4.84. The first-order valence-electron chi connectivity index (χ1n) is 10.9. The molecule has 0 aromatic heterocycles. The average molecular weight is 508 g/mol. The summed E-state index contributed by atoms with van der Waals surface area (Å²) in [5.74, 6) is -9.42. The van der Waals surface area contributed by atoms with E-state index in [0.717, 1.165) is 0 Å². The Morgan fingerprint density at radius 2 is 0.818 bits per heavy atom. The van der Waals surface area contributed by atoms with Crippen LogP contribution in [0, 0.1) is 29.1 Å². The van der Waals surface area contributed by atoms with E-state index >= 15 is 0 Å². The number of hydrogen-bond acceptors (Lipinski definition) is 2. The quantitative estimate of drug-likeness (QED) is 0.145. The van der Waals surface area contributed by atoms with Gasteiger partial charge < -0.3 is 9.05 Å². The first kappa shape index (κ1) is 27.8. The van der Waals surface area contributed by atoms with Gasteiger partial charge >= 0.3 is 0 Å². The van der Waals surface area contributed by atoms with Crippen LogP contribution in [0.4, 0.5) is 22.0 Å². The second kappa shape index (κ2) is 11.3. The van der Waals surface area contributed by atoms with Crippen LogP contribution >= 0.6 is 16.3 Å². The third kappa shape index (κ3) is 6.36. The Morgan fingerprint density at radius 1 is 0.515 bits per heavy atom. The van der Waals surface area contributed by atoms with Crippen molar-refractivity contribution in [2.24, 2.45) is 0 Å². The van der Waals surface area contributed by atoms with Gasteiger partial charge in [-0.15, -0.1) is 0 Å². The van der Waals surface area contributed by atoms with Crippen molar-refractivity contribution in [1.82, 2.24) is 0 Å². The van der Waals surface area contributed by atoms with E-state index in [2.05, 4.69) is 0 Å². The molecule has 33 heavy (non-hydrogen) atoms. The van der Waals surface area contributed by atoms with Crippen LogP contribution in [0.3, 0.4) is 0 Å². The summed E-state index contributed by atoms with van der Waals surface area (Å²) in [6, 6.07) is 4.23. The molecule has 0 aliphatic carbocycles. The van der Waals surface area contributed by atoms with E-state index in [1.807, 2.05) is 55.4 Å². The molecular formula is C24H31F5O2P2. The van der Waals surface area contributed by atoms with E-state index in [4.69, 9.17) is 9.05 Å². The van der Waals surface area contributed by atoms with Crippen LogP contribution in [0.15, 0.2) is 18.2 Å². The van der Waals surface area contributed by atoms with E-state index < -0.39 is 50.9 Å². The zero-order chi connectivity index (χ0) is 25.2. The van der Waals surface area contributed by atoms with Gasteiger partial charge in [0, 0.05) is 28.7 Å². The van der Waals surface area contributed by atoms with Crippen molar-refractivity contribution in [1.29, 1.82) is 0 Å². The SMILES string of the molecule is CC(C)P(Oc1cc(OP(C(C)C)C(C)C)cc(-c2c(F)c(F)c(F)c(F)c2F)c1)C(C)C. The van der Waals surface area contributed by atoms with Gasteiger partial charge in [-0.1, -0.05) is 55.4 Å². The highest BCUT2D eigenvalue weighted by molar-refractivity contribution is 7.54. The normalized spacial score (nSPS) is 12.2. The summed E-state index contributed by atoms with van der Waals surface area (Å²) in [5, 5.41) is 0. The Bertz CT molecular complexity index is 895. The van der Waals surface area contributed by atoms with Gasteiger partial charge in [0.1, 0.15) is 11.5 Å². The summed E-state index contributed by atoms with van der Waals surface area (Å²) >= 11 is 0. The highest BCUT2D eigenvalue weighted by Crippen LogP contribution is 2.51. The largest absolute Gasteiger partial charge is 0.473 e. The molecule has 0 saturated heterocycles. The van der Waals surface area contributed by atoms with Gasteiger partial charge in [-0.05, 0) is 17.7 Å². The predicted molar refractivity (Wildman–Crippen MR) is 127 cm³/mol. The summed E-state index contributed by atoms with van der Waals surface area (Å²) in [4.78, 5) is 0. The molecule has 0 fully saturated rings. The van der Waals surface area contributed by atoms with Crippen LogP contribution < -0.4 is 9.05 Å². The number of rotatable bonds is 9. The molecule has 0 bridgehead atoms. The van der Waals surface area contributed by atoms with E-state index in [1.165, 1.54) is 12.1 Å². The minimum Gasteiger partial charge on any atom is -0.473 e. The minimum absolute atomic E-state index is 0.186. The van der Waals surface area contributed by atoms with Crippen LogP contribution in [-0.2, 0) is 0 Å². The van der Waals surface area contributed by atoms with Crippen molar-refractivity contribution >= 4 is 16.3 Å². The zero-order valence-corrected chi connectivity index (χ0v) is 21.9. The highest BCUT2D eigenvalue weighted by Gasteiger charge is 2.29. The molecule has 0 atom stereocenters. The molecule has 2 rings (SSSR count). The molecule has 2 aromatic rings. The Labute approximate surface area is 195 Å². The van der Waals surface area contributed by atoms with Crippen molar-refractivity contribution in [3.8, 4) is 22.6 Å². The maximum atomic E-state index is 14.6. The lowest BCUT2D eigenvalue weighted by Gasteiger charge is -2.28. The molecule has 0 unspecified atom stereocenters. The molecule has 0 N–H and O–H groups in total. The van der Waals surface area contributed by atoms with Crippen molar-refractivity contribution in [3.63, 3.8) is 0 Å². The van der Waals surface area contributed by atoms with E-state index in [1.54, 1.807) is 6.07 Å². The Morgan fingerprint density at radius 3 is 1.12 bits per heavy atom. The van der Waals surface area contributed by atoms with E-state index in [-0.39, 0.29) is 39.7 Å². The number of halogens is 5. The fraction of sp³-hybridized carbons (Fsp3) is 0.500. The predicted octanol–water partition coefficient (Wildman–Crippen LogP) is 9.23. The molecule has 2 nitrogen and oxygen atoms in total. The molecule has 0 amide bonds. The standard InChI is InChI=1S/C24H31F5O2P2/c1-12(2)32(13(3)4)30-17-9-16(10-18(11-17)31-33(14(5)6)15(7)8)19-20(25)22(27)24(29)23(28)21(19)26/h9-15H,1-8H3. The summed E-state index contributed by atoms with van der Waals surface area (Å²) in [7, 11) is -1.95. The fourth-order valence-corrected chi connectivity index (χ4v) is 7.46. The monoisotopic (exact) mass is 508 g/mol. The Kier molecular flexibility index (Phi) is 9.53. The molecule has 9 heteroatoms. The first-order valence-corrected chi connectivity index (χ1v) is 13.6. The summed E-state index contributed by atoms with van der Waals surface area (Å²) in [6.45, 7) is 16.1. The van der Waals surface area contributed by atoms with Gasteiger partial charge in [-0.3, -0.25) is 0 Å². The lowest BCUT2D eigenvalue weighted by molar-refractivity contribution is 0.381. The van der Waals surface area contributed by atoms with E-state index in [9.17, 15) is 22.0 Å². The summed E-state index contributed by atoms with van der Waals surface area (Å²) in [5.41, 5.74) is -0.452. The molecule has 0 aliphatic heterocycles. The molecule has 0 spiro atoms. The van der Waals surface area contributed by atoms with Crippen LogP contribution in [0.1, 0.15) is 55.4 Å². The maximum absolute atomic E-state index is 14.6. The second-order valence-electron chi connectivity index (χ2n) is 8.92. The molecule has 0 radical (unpaired) electrons. The number of benzene rings is 2. The van der Waals surface area contributed by atoms with Crippen molar-refractivity contribution in [2.75, 3.05) is 0 Å². The van der Waals surface area contributed by atoms with Crippen molar-refractivity contribution in [2.45, 2.75) is 78.0 Å².